The lowest BCUT2D eigenvalue weighted by Crippen LogP contribution is -1.97. The maximum atomic E-state index is 5.05. The van der Waals surface area contributed by atoms with Crippen molar-refractivity contribution in [1.29, 1.82) is 0 Å². The standard InChI is InChI=1S/C16H22N2OS/c1-13-16(12-20-11-7-3-6-10-19-2)18-15-9-5-4-8-14(15)17-13/h4-5,8-9H,3,6-7,10-12H2,1-2H3. The molecule has 0 saturated carbocycles. The summed E-state index contributed by atoms with van der Waals surface area (Å²) in [4.78, 5) is 9.34. The molecule has 0 radical (unpaired) electrons. The number of aryl methyl sites for hydroxylation is 1. The third kappa shape index (κ3) is 4.46. The molecular weight excluding hydrogens is 268 g/mol. The number of hydrogen-bond donors (Lipinski definition) is 0. The van der Waals surface area contributed by atoms with Crippen LogP contribution >= 0.6 is 11.8 Å². The highest BCUT2D eigenvalue weighted by Crippen LogP contribution is 2.18. The summed E-state index contributed by atoms with van der Waals surface area (Å²) < 4.78 is 5.05. The number of rotatable bonds is 8. The first-order valence-corrected chi connectivity index (χ1v) is 8.25. The zero-order chi connectivity index (χ0) is 14.2. The molecule has 0 amide bonds. The van der Waals surface area contributed by atoms with Crippen LogP contribution in [0.25, 0.3) is 11.0 Å². The first kappa shape index (κ1) is 15.3. The van der Waals surface area contributed by atoms with Crippen molar-refractivity contribution in [2.24, 2.45) is 0 Å². The van der Waals surface area contributed by atoms with Crippen LogP contribution in [-0.2, 0) is 10.5 Å². The monoisotopic (exact) mass is 290 g/mol. The smallest absolute Gasteiger partial charge is 0.0890 e. The van der Waals surface area contributed by atoms with E-state index in [0.29, 0.717) is 0 Å². The number of nitrogens with zero attached hydrogens (tertiary/aromatic N) is 2. The van der Waals surface area contributed by atoms with Gasteiger partial charge in [-0.25, -0.2) is 9.97 Å². The topological polar surface area (TPSA) is 35.0 Å². The van der Waals surface area contributed by atoms with E-state index in [1.807, 2.05) is 43.0 Å². The molecule has 1 aromatic heterocycles. The van der Waals surface area contributed by atoms with Gasteiger partial charge in [0.1, 0.15) is 0 Å². The van der Waals surface area contributed by atoms with E-state index in [1.165, 1.54) is 18.6 Å². The largest absolute Gasteiger partial charge is 0.385 e. The molecule has 0 spiro atoms. The van der Waals surface area contributed by atoms with Crippen LogP contribution in [0.3, 0.4) is 0 Å². The van der Waals surface area contributed by atoms with Crippen LogP contribution in [0.5, 0.6) is 0 Å². The van der Waals surface area contributed by atoms with Gasteiger partial charge in [-0.15, -0.1) is 0 Å². The summed E-state index contributed by atoms with van der Waals surface area (Å²) in [7, 11) is 1.76. The summed E-state index contributed by atoms with van der Waals surface area (Å²) >= 11 is 1.94. The summed E-state index contributed by atoms with van der Waals surface area (Å²) in [6.07, 6.45) is 3.64. The van der Waals surface area contributed by atoms with E-state index in [0.717, 1.165) is 41.2 Å². The molecular formula is C16H22N2OS. The molecule has 0 fully saturated rings. The second-order valence-corrected chi connectivity index (χ2v) is 5.96. The van der Waals surface area contributed by atoms with Gasteiger partial charge in [0, 0.05) is 19.5 Å². The lowest BCUT2D eigenvalue weighted by Gasteiger charge is -2.06. The summed E-state index contributed by atoms with van der Waals surface area (Å²) in [5.74, 6) is 2.13. The van der Waals surface area contributed by atoms with Crippen molar-refractivity contribution >= 4 is 22.8 Å². The van der Waals surface area contributed by atoms with Gasteiger partial charge in [0.2, 0.25) is 0 Å². The number of fused-ring (bicyclic) bond motifs is 1. The number of thioether (sulfide) groups is 1. The lowest BCUT2D eigenvalue weighted by atomic mass is 10.2. The van der Waals surface area contributed by atoms with Gasteiger partial charge >= 0.3 is 0 Å². The first-order valence-electron chi connectivity index (χ1n) is 7.10. The summed E-state index contributed by atoms with van der Waals surface area (Å²) in [6.45, 7) is 2.92. The van der Waals surface area contributed by atoms with Crippen molar-refractivity contribution in [1.82, 2.24) is 9.97 Å². The molecule has 0 atom stereocenters. The second kappa shape index (κ2) is 8.22. The Balaban J connectivity index is 1.82. The highest BCUT2D eigenvalue weighted by Gasteiger charge is 2.04. The minimum Gasteiger partial charge on any atom is -0.385 e. The lowest BCUT2D eigenvalue weighted by molar-refractivity contribution is 0.192. The minimum absolute atomic E-state index is 0.875. The molecule has 0 N–H and O–H groups in total. The fourth-order valence-electron chi connectivity index (χ4n) is 2.06. The van der Waals surface area contributed by atoms with Crippen LogP contribution in [-0.4, -0.2) is 29.4 Å². The number of unbranched alkanes of at least 4 members (excludes halogenated alkanes) is 2. The Morgan fingerprint density at radius 3 is 2.55 bits per heavy atom. The normalized spacial score (nSPS) is 11.1. The number of methoxy groups -OCH3 is 1. The Morgan fingerprint density at radius 2 is 1.80 bits per heavy atom. The number of aromatic nitrogens is 2. The molecule has 3 nitrogen and oxygen atoms in total. The summed E-state index contributed by atoms with van der Waals surface area (Å²) in [5.41, 5.74) is 4.15. The summed E-state index contributed by atoms with van der Waals surface area (Å²) in [5, 5.41) is 0. The molecule has 0 aliphatic rings. The molecule has 0 aliphatic heterocycles. The highest BCUT2D eigenvalue weighted by molar-refractivity contribution is 7.98. The van der Waals surface area contributed by atoms with Crippen molar-refractivity contribution in [2.75, 3.05) is 19.5 Å². The predicted molar refractivity (Wildman–Crippen MR) is 86.2 cm³/mol. The number of para-hydroxylation sites is 2. The molecule has 1 aromatic carbocycles. The van der Waals surface area contributed by atoms with Gasteiger partial charge in [-0.05, 0) is 37.7 Å². The second-order valence-electron chi connectivity index (χ2n) is 4.85. The van der Waals surface area contributed by atoms with Crippen molar-refractivity contribution in [2.45, 2.75) is 31.9 Å². The quantitative estimate of drug-likeness (QED) is 0.689. The van der Waals surface area contributed by atoms with Crippen molar-refractivity contribution < 1.29 is 4.74 Å². The van der Waals surface area contributed by atoms with Crippen LogP contribution < -0.4 is 0 Å². The minimum atomic E-state index is 0.875. The van der Waals surface area contributed by atoms with Gasteiger partial charge in [0.15, 0.2) is 0 Å². The van der Waals surface area contributed by atoms with Gasteiger partial charge in [-0.1, -0.05) is 18.6 Å². The molecule has 0 aliphatic carbocycles. The molecule has 2 aromatic rings. The van der Waals surface area contributed by atoms with Crippen molar-refractivity contribution in [3.8, 4) is 0 Å². The molecule has 0 saturated heterocycles. The van der Waals surface area contributed by atoms with Crippen molar-refractivity contribution in [3.05, 3.63) is 35.7 Å². The van der Waals surface area contributed by atoms with Gasteiger partial charge < -0.3 is 4.74 Å². The fourth-order valence-corrected chi connectivity index (χ4v) is 3.08. The molecule has 0 bridgehead atoms. The number of hydrogen-bond acceptors (Lipinski definition) is 4. The van der Waals surface area contributed by atoms with Crippen LogP contribution in [0, 0.1) is 6.92 Å². The number of ether oxygens (including phenoxy) is 1. The predicted octanol–water partition coefficient (Wildman–Crippen LogP) is 3.99. The third-order valence-electron chi connectivity index (χ3n) is 3.22. The van der Waals surface area contributed by atoms with Crippen LogP contribution in [0.1, 0.15) is 30.7 Å². The Labute approximate surface area is 125 Å². The SMILES string of the molecule is COCCCCCSCc1nc2ccccc2nc1C. The van der Waals surface area contributed by atoms with Crippen LogP contribution in [0.4, 0.5) is 0 Å². The van der Waals surface area contributed by atoms with Gasteiger partial charge in [-0.3, -0.25) is 0 Å². The average Bonchev–Trinajstić information content (AvgIpc) is 2.46. The van der Waals surface area contributed by atoms with Gasteiger partial charge in [0.05, 0.1) is 22.4 Å². The van der Waals surface area contributed by atoms with E-state index in [2.05, 4.69) is 4.98 Å². The van der Waals surface area contributed by atoms with E-state index in [1.54, 1.807) is 7.11 Å². The first-order chi connectivity index (χ1) is 9.81. The molecule has 20 heavy (non-hydrogen) atoms. The maximum Gasteiger partial charge on any atom is 0.0890 e. The van der Waals surface area contributed by atoms with E-state index >= 15 is 0 Å². The number of benzene rings is 1. The van der Waals surface area contributed by atoms with Crippen molar-refractivity contribution in [3.63, 3.8) is 0 Å². The zero-order valence-electron chi connectivity index (χ0n) is 12.3. The Bertz CT molecular complexity index is 545. The average molecular weight is 290 g/mol. The van der Waals surface area contributed by atoms with E-state index in [9.17, 15) is 0 Å². The Morgan fingerprint density at radius 1 is 1.05 bits per heavy atom. The molecule has 4 heteroatoms. The van der Waals surface area contributed by atoms with E-state index in [4.69, 9.17) is 9.72 Å². The molecule has 2 rings (SSSR count). The molecule has 108 valence electrons. The van der Waals surface area contributed by atoms with Crippen LogP contribution in [0.2, 0.25) is 0 Å². The Hall–Kier alpha value is -1.13. The highest BCUT2D eigenvalue weighted by atomic mass is 32.2. The van der Waals surface area contributed by atoms with Gasteiger partial charge in [0.25, 0.3) is 0 Å². The maximum absolute atomic E-state index is 5.05. The van der Waals surface area contributed by atoms with E-state index in [-0.39, 0.29) is 0 Å². The Kier molecular flexibility index (Phi) is 6.27. The van der Waals surface area contributed by atoms with Gasteiger partial charge in [-0.2, -0.15) is 11.8 Å². The molecule has 1 heterocycles. The fraction of sp³-hybridized carbons (Fsp3) is 0.500. The third-order valence-corrected chi connectivity index (χ3v) is 4.27. The van der Waals surface area contributed by atoms with E-state index < -0.39 is 0 Å². The molecule has 0 unspecified atom stereocenters. The zero-order valence-corrected chi connectivity index (χ0v) is 13.1. The van der Waals surface area contributed by atoms with Crippen LogP contribution in [0.15, 0.2) is 24.3 Å². The summed E-state index contributed by atoms with van der Waals surface area (Å²) in [6, 6.07) is 8.06.